The van der Waals surface area contributed by atoms with E-state index in [0.29, 0.717) is 11.4 Å². The van der Waals surface area contributed by atoms with Gasteiger partial charge in [0.15, 0.2) is 6.04 Å². The average Bonchev–Trinajstić information content (AvgIpc) is 2.38. The van der Waals surface area contributed by atoms with Crippen LogP contribution in [0.1, 0.15) is 12.5 Å². The van der Waals surface area contributed by atoms with Crippen LogP contribution < -0.4 is 15.8 Å². The van der Waals surface area contributed by atoms with Crippen LogP contribution >= 0.6 is 0 Å². The van der Waals surface area contributed by atoms with Gasteiger partial charge in [-0.3, -0.25) is 4.79 Å². The lowest BCUT2D eigenvalue weighted by Crippen LogP contribution is -2.43. The maximum atomic E-state index is 11.7. The van der Waals surface area contributed by atoms with Crippen LogP contribution in [0.5, 0.6) is 5.75 Å². The van der Waals surface area contributed by atoms with E-state index in [-0.39, 0.29) is 6.61 Å². The van der Waals surface area contributed by atoms with Crippen molar-refractivity contribution >= 4 is 17.6 Å². The summed E-state index contributed by atoms with van der Waals surface area (Å²) in [7, 11) is 1.57. The highest BCUT2D eigenvalue weighted by Gasteiger charge is 2.23. The highest BCUT2D eigenvalue weighted by Crippen LogP contribution is 2.21. The summed E-state index contributed by atoms with van der Waals surface area (Å²) in [6.45, 7) is 3.68. The van der Waals surface area contributed by atoms with Gasteiger partial charge in [-0.2, -0.15) is 0 Å². The molecule has 1 unspecified atom stereocenters. The fourth-order valence-corrected chi connectivity index (χ4v) is 1.52. The van der Waals surface area contributed by atoms with E-state index in [4.69, 9.17) is 10.5 Å². The van der Waals surface area contributed by atoms with Crippen molar-refractivity contribution in [2.24, 2.45) is 5.73 Å². The number of carbonyl (C=O) groups excluding carboxylic acids is 2. The smallest absolute Gasteiger partial charge is 0.332 e. The lowest BCUT2D eigenvalue weighted by molar-refractivity contribution is -0.146. The summed E-state index contributed by atoms with van der Waals surface area (Å²) in [6.07, 6.45) is 0. The molecule has 0 fully saturated rings. The van der Waals surface area contributed by atoms with E-state index in [1.807, 2.05) is 6.92 Å². The van der Waals surface area contributed by atoms with Gasteiger partial charge in [0.1, 0.15) is 5.75 Å². The van der Waals surface area contributed by atoms with E-state index in [9.17, 15) is 9.59 Å². The van der Waals surface area contributed by atoms with Crippen LogP contribution in [0.4, 0.5) is 5.69 Å². The molecule has 104 valence electrons. The molecule has 0 aromatic heterocycles. The molecule has 0 bridgehead atoms. The summed E-state index contributed by atoms with van der Waals surface area (Å²) in [5, 5.41) is 2.55. The van der Waals surface area contributed by atoms with Gasteiger partial charge in [-0.05, 0) is 37.6 Å². The number of methoxy groups -OCH3 is 1. The number of hydrogen-bond donors (Lipinski definition) is 2. The number of carbonyl (C=O) groups is 2. The van der Waals surface area contributed by atoms with Crippen molar-refractivity contribution in [3.8, 4) is 5.75 Å². The van der Waals surface area contributed by atoms with Crippen LogP contribution in [0, 0.1) is 6.92 Å². The number of aryl methyl sites for hydroxylation is 1. The molecule has 3 N–H and O–H groups in total. The first kappa shape index (κ1) is 15.0. The largest absolute Gasteiger partial charge is 0.496 e. The quantitative estimate of drug-likeness (QED) is 0.608. The summed E-state index contributed by atoms with van der Waals surface area (Å²) in [5.74, 6) is -0.638. The Bertz CT molecular complexity index is 474. The van der Waals surface area contributed by atoms with E-state index in [2.05, 4.69) is 10.1 Å². The molecule has 1 aromatic rings. The molecular weight excluding hydrogens is 248 g/mol. The third-order valence-corrected chi connectivity index (χ3v) is 2.49. The Kier molecular flexibility index (Phi) is 5.32. The first-order valence-corrected chi connectivity index (χ1v) is 5.87. The van der Waals surface area contributed by atoms with Gasteiger partial charge in [0.2, 0.25) is 0 Å². The fraction of sp³-hybridized carbons (Fsp3) is 0.385. The number of nitrogens with two attached hydrogens (primary N) is 1. The Labute approximate surface area is 111 Å². The Balaban J connectivity index is 2.71. The molecule has 0 aliphatic heterocycles. The Morgan fingerprint density at radius 1 is 1.42 bits per heavy atom. The summed E-state index contributed by atoms with van der Waals surface area (Å²) in [4.78, 5) is 23.0. The van der Waals surface area contributed by atoms with Gasteiger partial charge in [0, 0.05) is 5.69 Å². The van der Waals surface area contributed by atoms with E-state index in [1.165, 1.54) is 0 Å². The lowest BCUT2D eigenvalue weighted by atomic mass is 10.2. The second kappa shape index (κ2) is 6.75. The number of anilines is 1. The standard InChI is InChI=1S/C13H18N2O4/c1-4-19-13(17)11(14)12(16)15-9-5-6-10(18-3)8(2)7-9/h5-7,11H,4,14H2,1-3H3,(H,15,16). The van der Waals surface area contributed by atoms with E-state index >= 15 is 0 Å². The SMILES string of the molecule is CCOC(=O)C(N)C(=O)Nc1ccc(OC)c(C)c1. The van der Waals surface area contributed by atoms with Crippen molar-refractivity contribution in [3.05, 3.63) is 23.8 Å². The number of amides is 1. The highest BCUT2D eigenvalue weighted by molar-refractivity contribution is 6.08. The molecule has 0 saturated carbocycles. The summed E-state index contributed by atoms with van der Waals surface area (Å²) < 4.78 is 9.79. The maximum Gasteiger partial charge on any atom is 0.332 e. The Hall–Kier alpha value is -2.08. The summed E-state index contributed by atoms with van der Waals surface area (Å²) >= 11 is 0. The second-order valence-electron chi connectivity index (χ2n) is 3.90. The van der Waals surface area contributed by atoms with Crippen LogP contribution in [0.25, 0.3) is 0 Å². The third-order valence-electron chi connectivity index (χ3n) is 2.49. The molecule has 19 heavy (non-hydrogen) atoms. The van der Waals surface area contributed by atoms with Gasteiger partial charge in [-0.15, -0.1) is 0 Å². The fourth-order valence-electron chi connectivity index (χ4n) is 1.52. The predicted octanol–water partition coefficient (Wildman–Crippen LogP) is 0.833. The van der Waals surface area contributed by atoms with Crippen LogP contribution in [-0.4, -0.2) is 31.6 Å². The molecule has 1 atom stereocenters. The van der Waals surface area contributed by atoms with E-state index in [0.717, 1.165) is 5.56 Å². The first-order valence-electron chi connectivity index (χ1n) is 5.87. The van der Waals surface area contributed by atoms with Crippen LogP contribution in [0.15, 0.2) is 18.2 Å². The molecule has 0 aliphatic rings. The van der Waals surface area contributed by atoms with Gasteiger partial charge in [0.25, 0.3) is 5.91 Å². The van der Waals surface area contributed by atoms with E-state index in [1.54, 1.807) is 32.2 Å². The first-order chi connectivity index (χ1) is 8.99. The molecule has 0 heterocycles. The lowest BCUT2D eigenvalue weighted by Gasteiger charge is -2.12. The molecule has 0 radical (unpaired) electrons. The van der Waals surface area contributed by atoms with Gasteiger partial charge in [0.05, 0.1) is 13.7 Å². The molecule has 0 saturated heterocycles. The zero-order chi connectivity index (χ0) is 14.4. The third kappa shape index (κ3) is 3.96. The highest BCUT2D eigenvalue weighted by atomic mass is 16.5. The minimum Gasteiger partial charge on any atom is -0.496 e. The number of rotatable bonds is 5. The minimum absolute atomic E-state index is 0.182. The molecule has 1 amide bonds. The van der Waals surface area contributed by atoms with Gasteiger partial charge in [-0.25, -0.2) is 4.79 Å². The zero-order valence-corrected chi connectivity index (χ0v) is 11.2. The Morgan fingerprint density at radius 3 is 2.63 bits per heavy atom. The molecule has 0 spiro atoms. The van der Waals surface area contributed by atoms with Gasteiger partial charge >= 0.3 is 5.97 Å². The number of esters is 1. The number of ether oxygens (including phenoxy) is 2. The van der Waals surface area contributed by atoms with Crippen molar-refractivity contribution in [3.63, 3.8) is 0 Å². The maximum absolute atomic E-state index is 11.7. The van der Waals surface area contributed by atoms with Gasteiger partial charge < -0.3 is 20.5 Å². The Morgan fingerprint density at radius 2 is 2.11 bits per heavy atom. The molecule has 0 aliphatic carbocycles. The van der Waals surface area contributed by atoms with Crippen LogP contribution in [0.3, 0.4) is 0 Å². The molecular formula is C13H18N2O4. The van der Waals surface area contributed by atoms with Crippen molar-refractivity contribution < 1.29 is 19.1 Å². The van der Waals surface area contributed by atoms with Crippen molar-refractivity contribution in [2.75, 3.05) is 19.0 Å². The predicted molar refractivity (Wildman–Crippen MR) is 71.0 cm³/mol. The molecule has 6 nitrogen and oxygen atoms in total. The summed E-state index contributed by atoms with van der Waals surface area (Å²) in [6, 6.07) is 3.79. The summed E-state index contributed by atoms with van der Waals surface area (Å²) in [5.41, 5.74) is 6.89. The molecule has 1 aromatic carbocycles. The molecule has 6 heteroatoms. The second-order valence-corrected chi connectivity index (χ2v) is 3.90. The van der Waals surface area contributed by atoms with Crippen LogP contribution in [-0.2, 0) is 14.3 Å². The zero-order valence-electron chi connectivity index (χ0n) is 11.2. The van der Waals surface area contributed by atoms with Crippen molar-refractivity contribution in [1.29, 1.82) is 0 Å². The van der Waals surface area contributed by atoms with Crippen LogP contribution in [0.2, 0.25) is 0 Å². The van der Waals surface area contributed by atoms with Crippen molar-refractivity contribution in [1.82, 2.24) is 0 Å². The minimum atomic E-state index is -1.33. The normalized spacial score (nSPS) is 11.6. The monoisotopic (exact) mass is 266 g/mol. The van der Waals surface area contributed by atoms with Gasteiger partial charge in [-0.1, -0.05) is 0 Å². The number of nitrogens with one attached hydrogen (secondary N) is 1. The number of benzene rings is 1. The van der Waals surface area contributed by atoms with E-state index < -0.39 is 17.9 Å². The topological polar surface area (TPSA) is 90.7 Å². The average molecular weight is 266 g/mol. The number of hydrogen-bond acceptors (Lipinski definition) is 5. The molecule has 1 rings (SSSR count). The van der Waals surface area contributed by atoms with Crippen molar-refractivity contribution in [2.45, 2.75) is 19.9 Å².